The SMILES string of the molecule is CC(C)C[Si]1(C)O[Si]2(CC(C)C)O[Si]3(CC(C)C)O[Si](C)(CC(C)C)O[Si]4(CC(C)C)O[Si](CC(C)C)(O1)O[Si](CC(C)C)(O2)O[Si](CC(C)C)(O3)O4. The molecule has 312 valence electrons. The molecule has 0 spiro atoms. The molecule has 4 atom stereocenters. The van der Waals surface area contributed by atoms with E-state index in [1.807, 2.05) is 0 Å². The van der Waals surface area contributed by atoms with E-state index in [0.29, 0.717) is 36.3 Å². The van der Waals surface area contributed by atoms with Crippen LogP contribution in [0, 0.1) is 47.3 Å². The zero-order chi connectivity index (χ0) is 40.1. The van der Waals surface area contributed by atoms with Crippen molar-refractivity contribution in [3.8, 4) is 0 Å². The lowest BCUT2D eigenvalue weighted by Gasteiger charge is -2.61. The first-order chi connectivity index (χ1) is 24.1. The molecular weight excluding hydrogens is 809 g/mol. The monoisotopic (exact) mass is 886 g/mol. The second-order valence-electron chi connectivity index (χ2n) is 20.3. The summed E-state index contributed by atoms with van der Waals surface area (Å²) in [7, 11) is -29.2. The molecule has 0 aromatic rings. The van der Waals surface area contributed by atoms with Crippen molar-refractivity contribution in [2.24, 2.45) is 47.3 Å². The molecule has 4 heterocycles. The van der Waals surface area contributed by atoms with Gasteiger partial charge in [0.05, 0.1) is 0 Å². The van der Waals surface area contributed by atoms with Crippen molar-refractivity contribution in [3.05, 3.63) is 0 Å². The Morgan fingerprint density at radius 3 is 0.491 bits per heavy atom. The first kappa shape index (κ1) is 47.0. The van der Waals surface area contributed by atoms with Crippen molar-refractivity contribution in [2.45, 2.75) is 172 Å². The molecule has 4 rings (SSSR count). The van der Waals surface area contributed by atoms with Crippen molar-refractivity contribution in [1.82, 2.24) is 0 Å². The lowest BCUT2D eigenvalue weighted by molar-refractivity contribution is 0.00285. The lowest BCUT2D eigenvalue weighted by atomic mass is 10.3. The van der Waals surface area contributed by atoms with Crippen LogP contribution in [0.2, 0.25) is 61.4 Å². The summed E-state index contributed by atoms with van der Waals surface area (Å²) in [5.74, 6) is 1.62. The van der Waals surface area contributed by atoms with Crippen molar-refractivity contribution < 1.29 is 45.3 Å². The Labute approximate surface area is 333 Å². The summed E-state index contributed by atoms with van der Waals surface area (Å²) in [5.41, 5.74) is 0. The molecule has 0 aliphatic carbocycles. The van der Waals surface area contributed by atoms with Crippen molar-refractivity contribution >= 4 is 69.9 Å². The third kappa shape index (κ3) is 12.2. The Kier molecular flexibility index (Phi) is 15.2. The maximum Gasteiger partial charge on any atom is 0.479 e. The van der Waals surface area contributed by atoms with Gasteiger partial charge in [0, 0.05) is 36.3 Å². The largest absolute Gasteiger partial charge is 0.479 e. The fourth-order valence-corrected chi connectivity index (χ4v) is 59.7. The van der Waals surface area contributed by atoms with E-state index in [-0.39, 0.29) is 47.3 Å². The highest BCUT2D eigenvalue weighted by molar-refractivity contribution is 7.01. The maximum atomic E-state index is 7.86. The fraction of sp³-hybridized carbons (Fsp3) is 1.00. The van der Waals surface area contributed by atoms with Crippen LogP contribution in [0.5, 0.6) is 0 Å². The minimum absolute atomic E-state index is 0.166. The predicted octanol–water partition coefficient (Wildman–Crippen LogP) is 10.2. The summed E-state index contributed by atoms with van der Waals surface area (Å²) in [6.45, 7) is 39.7. The van der Waals surface area contributed by atoms with Gasteiger partial charge in [-0.1, -0.05) is 111 Å². The highest BCUT2D eigenvalue weighted by Crippen LogP contribution is 2.53. The van der Waals surface area contributed by atoms with E-state index in [2.05, 4.69) is 124 Å². The molecule has 0 N–H and O–H groups in total. The van der Waals surface area contributed by atoms with Gasteiger partial charge >= 0.3 is 69.9 Å². The fourth-order valence-electron chi connectivity index (χ4n) is 8.79. The topological polar surface area (TPSA) is 102 Å². The second-order valence-corrected chi connectivity index (χ2v) is 45.3. The third-order valence-electron chi connectivity index (χ3n) is 9.17. The minimum Gasteiger partial charge on any atom is -0.394 e. The molecule has 4 aliphatic rings. The maximum absolute atomic E-state index is 7.86. The van der Waals surface area contributed by atoms with Crippen LogP contribution >= 0.6 is 0 Å². The van der Waals surface area contributed by atoms with Gasteiger partial charge in [-0.05, 0) is 72.5 Å². The molecule has 0 aromatic heterocycles. The number of fused-ring (bicyclic) bond motifs is 4. The summed E-state index contributed by atoms with van der Waals surface area (Å²) < 4.78 is 85.9. The quantitative estimate of drug-likeness (QED) is 0.139. The molecule has 19 heteroatoms. The zero-order valence-corrected chi connectivity index (χ0v) is 44.8. The molecule has 53 heavy (non-hydrogen) atoms. The first-order valence-corrected chi connectivity index (χ1v) is 37.5. The lowest BCUT2D eigenvalue weighted by Crippen LogP contribution is -2.85. The van der Waals surface area contributed by atoms with Crippen molar-refractivity contribution in [1.29, 1.82) is 0 Å². The molecule has 0 saturated carbocycles. The van der Waals surface area contributed by atoms with E-state index in [9.17, 15) is 0 Å². The molecule has 0 amide bonds. The van der Waals surface area contributed by atoms with Gasteiger partial charge in [0.15, 0.2) is 0 Å². The van der Waals surface area contributed by atoms with Gasteiger partial charge in [0.1, 0.15) is 0 Å². The van der Waals surface area contributed by atoms with Gasteiger partial charge in [-0.15, -0.1) is 0 Å². The number of hydrogen-bond acceptors (Lipinski definition) is 11. The first-order valence-electron chi connectivity index (χ1n) is 20.8. The Balaban J connectivity index is 2.25. The predicted molar refractivity (Wildman–Crippen MR) is 227 cm³/mol. The summed E-state index contributed by atoms with van der Waals surface area (Å²) in [4.78, 5) is 0. The molecule has 0 radical (unpaired) electrons. The molecule has 4 aliphatic heterocycles. The number of hydrogen-bond donors (Lipinski definition) is 0. The van der Waals surface area contributed by atoms with Crippen LogP contribution in [0.25, 0.3) is 0 Å². The molecule has 4 saturated heterocycles. The van der Waals surface area contributed by atoms with Crippen LogP contribution in [-0.2, 0) is 45.3 Å². The Morgan fingerprint density at radius 1 is 0.226 bits per heavy atom. The van der Waals surface area contributed by atoms with E-state index in [0.717, 1.165) is 12.1 Å². The van der Waals surface area contributed by atoms with Crippen LogP contribution in [0.4, 0.5) is 0 Å². The zero-order valence-electron chi connectivity index (χ0n) is 36.8. The van der Waals surface area contributed by atoms with Crippen molar-refractivity contribution in [2.75, 3.05) is 0 Å². The third-order valence-corrected chi connectivity index (χ3v) is 49.5. The second kappa shape index (κ2) is 17.1. The molecule has 0 aromatic carbocycles. The van der Waals surface area contributed by atoms with Crippen molar-refractivity contribution in [3.63, 3.8) is 0 Å². The Hall–Kier alpha value is 1.30. The van der Waals surface area contributed by atoms with Crippen LogP contribution in [0.3, 0.4) is 0 Å². The van der Waals surface area contributed by atoms with Crippen LogP contribution < -0.4 is 0 Å². The summed E-state index contributed by atoms with van der Waals surface area (Å²) in [6.07, 6.45) is 0. The normalized spacial score (nSPS) is 40.9. The highest BCUT2D eigenvalue weighted by Gasteiger charge is 2.79. The van der Waals surface area contributed by atoms with Gasteiger partial charge in [0.2, 0.25) is 0 Å². The van der Waals surface area contributed by atoms with Crippen LogP contribution in [0.15, 0.2) is 0 Å². The van der Waals surface area contributed by atoms with E-state index < -0.39 is 69.9 Å². The molecule has 11 nitrogen and oxygen atoms in total. The van der Waals surface area contributed by atoms with Crippen LogP contribution in [0.1, 0.15) is 111 Å². The molecular formula is C34H78O11Si8. The number of rotatable bonds is 16. The van der Waals surface area contributed by atoms with E-state index in [4.69, 9.17) is 45.3 Å². The van der Waals surface area contributed by atoms with E-state index >= 15 is 0 Å². The Bertz CT molecular complexity index is 1070. The Morgan fingerprint density at radius 2 is 0.358 bits per heavy atom. The highest BCUT2D eigenvalue weighted by atomic mass is 28.6. The van der Waals surface area contributed by atoms with Gasteiger partial charge in [-0.25, -0.2) is 0 Å². The van der Waals surface area contributed by atoms with Gasteiger partial charge in [0.25, 0.3) is 0 Å². The van der Waals surface area contributed by atoms with Gasteiger partial charge in [-0.3, -0.25) is 0 Å². The molecule has 6 bridgehead atoms. The minimum atomic E-state index is -3.83. The standard InChI is InChI=1S/C34H78O11Si8/c1-27(2)19-46(17)35-48(21-29(5)6)39-50(23-31(9)10)37-47(18,20-28(3)4)38-51(24-32(11)12)40-49(36-46,22-30(7)8)42-52(41-48,25-33(13)14)45-53(43-50,44-51)26-34(15)16/h27-34H,19-26H2,1-18H3. The van der Waals surface area contributed by atoms with Crippen LogP contribution in [-0.4, -0.2) is 69.9 Å². The average Bonchev–Trinajstić information content (AvgIpc) is 2.80. The molecule has 4 unspecified atom stereocenters. The molecule has 4 fully saturated rings. The van der Waals surface area contributed by atoms with E-state index in [1.165, 1.54) is 0 Å². The summed E-state index contributed by atoms with van der Waals surface area (Å²) >= 11 is 0. The van der Waals surface area contributed by atoms with Gasteiger partial charge in [-0.2, -0.15) is 0 Å². The summed E-state index contributed by atoms with van der Waals surface area (Å²) in [6, 6.07) is 4.75. The smallest absolute Gasteiger partial charge is 0.394 e. The van der Waals surface area contributed by atoms with E-state index in [1.54, 1.807) is 0 Å². The van der Waals surface area contributed by atoms with Gasteiger partial charge < -0.3 is 45.3 Å². The average molecular weight is 888 g/mol. The summed E-state index contributed by atoms with van der Waals surface area (Å²) in [5, 5.41) is 0.